The minimum absolute atomic E-state index is 0.210. The summed E-state index contributed by atoms with van der Waals surface area (Å²) in [4.78, 5) is 0.854. The molecule has 0 saturated carbocycles. The van der Waals surface area contributed by atoms with E-state index in [2.05, 4.69) is 5.32 Å². The fourth-order valence-electron chi connectivity index (χ4n) is 1.39. The topological polar surface area (TPSA) is 49.3 Å². The van der Waals surface area contributed by atoms with Crippen LogP contribution in [0.3, 0.4) is 0 Å². The Morgan fingerprint density at radius 3 is 2.50 bits per heavy atom. The Morgan fingerprint density at radius 1 is 1.38 bits per heavy atom. The maximum atomic E-state index is 11.2. The first kappa shape index (κ1) is 13.4. The molecule has 0 aliphatic carbocycles. The van der Waals surface area contributed by atoms with Crippen molar-refractivity contribution in [1.82, 2.24) is 5.32 Å². The number of nitrogens with one attached hydrogen (secondary N) is 1. The van der Waals surface area contributed by atoms with Gasteiger partial charge in [0.15, 0.2) is 0 Å². The lowest BCUT2D eigenvalue weighted by Gasteiger charge is -2.12. The smallest absolute Gasteiger partial charge is 0.0498 e. The molecule has 0 bridgehead atoms. The summed E-state index contributed by atoms with van der Waals surface area (Å²) < 4.78 is 11.2. The van der Waals surface area contributed by atoms with Crippen LogP contribution in [0.5, 0.6) is 0 Å². The summed E-state index contributed by atoms with van der Waals surface area (Å²) in [7, 11) is -0.906. The minimum Gasteiger partial charge on any atom is -0.396 e. The van der Waals surface area contributed by atoms with E-state index >= 15 is 0 Å². The monoisotopic (exact) mass is 241 g/mol. The quantitative estimate of drug-likeness (QED) is 0.789. The van der Waals surface area contributed by atoms with Gasteiger partial charge in [-0.25, -0.2) is 0 Å². The average molecular weight is 241 g/mol. The van der Waals surface area contributed by atoms with Crippen molar-refractivity contribution in [3.63, 3.8) is 0 Å². The number of hydrogen-bond acceptors (Lipinski definition) is 3. The maximum absolute atomic E-state index is 11.2. The molecule has 2 N–H and O–H groups in total. The SMILES string of the molecule is CC(CCO)NCc1ccc(S(C)=O)cc1. The Hall–Kier alpha value is -0.710. The molecule has 90 valence electrons. The van der Waals surface area contributed by atoms with E-state index in [9.17, 15) is 4.21 Å². The molecule has 0 aliphatic heterocycles. The summed E-state index contributed by atoms with van der Waals surface area (Å²) >= 11 is 0. The van der Waals surface area contributed by atoms with E-state index in [1.807, 2.05) is 31.2 Å². The van der Waals surface area contributed by atoms with Crippen LogP contribution in [0.1, 0.15) is 18.9 Å². The molecule has 2 unspecified atom stereocenters. The maximum Gasteiger partial charge on any atom is 0.0498 e. The average Bonchev–Trinajstić information content (AvgIpc) is 2.27. The van der Waals surface area contributed by atoms with Crippen LogP contribution in [-0.4, -0.2) is 28.2 Å². The molecule has 0 radical (unpaired) electrons. The van der Waals surface area contributed by atoms with Gasteiger partial charge in [0.2, 0.25) is 0 Å². The molecule has 0 amide bonds. The third-order valence-corrected chi connectivity index (χ3v) is 3.41. The Morgan fingerprint density at radius 2 is 2.00 bits per heavy atom. The predicted octanol–water partition coefficient (Wildman–Crippen LogP) is 1.28. The summed E-state index contributed by atoms with van der Waals surface area (Å²) in [5.41, 5.74) is 1.17. The minimum atomic E-state index is -0.906. The summed E-state index contributed by atoms with van der Waals surface area (Å²) in [6.45, 7) is 3.03. The molecule has 0 aromatic heterocycles. The van der Waals surface area contributed by atoms with Crippen LogP contribution >= 0.6 is 0 Å². The first-order chi connectivity index (χ1) is 7.63. The molecule has 0 aliphatic rings. The van der Waals surface area contributed by atoms with Gasteiger partial charge in [0.05, 0.1) is 0 Å². The second-order valence-electron chi connectivity index (χ2n) is 3.89. The van der Waals surface area contributed by atoms with Gasteiger partial charge < -0.3 is 10.4 Å². The van der Waals surface area contributed by atoms with Crippen LogP contribution in [0.15, 0.2) is 29.2 Å². The third kappa shape index (κ3) is 4.43. The van der Waals surface area contributed by atoms with Crippen molar-refractivity contribution in [3.05, 3.63) is 29.8 Å². The third-order valence-electron chi connectivity index (χ3n) is 2.47. The molecule has 1 rings (SSSR count). The standard InChI is InChI=1S/C12H19NO2S/c1-10(7-8-14)13-9-11-3-5-12(6-4-11)16(2)15/h3-6,10,13-14H,7-9H2,1-2H3. The van der Waals surface area contributed by atoms with Crippen LogP contribution in [0.4, 0.5) is 0 Å². The van der Waals surface area contributed by atoms with Crippen LogP contribution in [-0.2, 0) is 17.3 Å². The summed E-state index contributed by atoms with van der Waals surface area (Å²) in [5, 5.41) is 12.1. The normalized spacial score (nSPS) is 14.7. The van der Waals surface area contributed by atoms with Crippen LogP contribution in [0, 0.1) is 0 Å². The molecular formula is C12H19NO2S. The van der Waals surface area contributed by atoms with Crippen molar-refractivity contribution in [1.29, 1.82) is 0 Å². The van der Waals surface area contributed by atoms with E-state index in [0.717, 1.165) is 17.9 Å². The first-order valence-electron chi connectivity index (χ1n) is 5.40. The molecule has 0 fully saturated rings. The van der Waals surface area contributed by atoms with Crippen molar-refractivity contribution >= 4 is 10.8 Å². The van der Waals surface area contributed by atoms with E-state index in [1.54, 1.807) is 6.26 Å². The number of benzene rings is 1. The Kier molecular flexibility index (Phi) is 5.66. The molecule has 3 nitrogen and oxygen atoms in total. The molecule has 2 atom stereocenters. The fraction of sp³-hybridized carbons (Fsp3) is 0.500. The fourth-order valence-corrected chi connectivity index (χ4v) is 1.91. The number of aliphatic hydroxyl groups is 1. The lowest BCUT2D eigenvalue weighted by molar-refractivity contribution is 0.268. The molecule has 16 heavy (non-hydrogen) atoms. The highest BCUT2D eigenvalue weighted by Gasteiger charge is 2.01. The number of aliphatic hydroxyl groups excluding tert-OH is 1. The van der Waals surface area contributed by atoms with Gasteiger partial charge in [0.25, 0.3) is 0 Å². The van der Waals surface area contributed by atoms with E-state index in [4.69, 9.17) is 5.11 Å². The molecule has 0 spiro atoms. The molecule has 0 heterocycles. The van der Waals surface area contributed by atoms with Gasteiger partial charge in [-0.05, 0) is 31.0 Å². The van der Waals surface area contributed by atoms with Crippen LogP contribution in [0.2, 0.25) is 0 Å². The van der Waals surface area contributed by atoms with Crippen molar-refractivity contribution in [2.45, 2.75) is 30.8 Å². The highest BCUT2D eigenvalue weighted by molar-refractivity contribution is 7.84. The molecule has 0 saturated heterocycles. The zero-order valence-corrected chi connectivity index (χ0v) is 10.6. The highest BCUT2D eigenvalue weighted by Crippen LogP contribution is 2.07. The van der Waals surface area contributed by atoms with Crippen LogP contribution in [0.25, 0.3) is 0 Å². The van der Waals surface area contributed by atoms with Crippen LogP contribution < -0.4 is 5.32 Å². The van der Waals surface area contributed by atoms with E-state index in [0.29, 0.717) is 6.04 Å². The molecule has 1 aromatic rings. The second-order valence-corrected chi connectivity index (χ2v) is 5.27. The Labute approximate surface area is 99.3 Å². The van der Waals surface area contributed by atoms with Gasteiger partial charge in [-0.2, -0.15) is 0 Å². The van der Waals surface area contributed by atoms with Crippen molar-refractivity contribution in [2.75, 3.05) is 12.9 Å². The van der Waals surface area contributed by atoms with E-state index in [-0.39, 0.29) is 6.61 Å². The lowest BCUT2D eigenvalue weighted by Crippen LogP contribution is -2.26. The zero-order chi connectivity index (χ0) is 12.0. The van der Waals surface area contributed by atoms with E-state index < -0.39 is 10.8 Å². The summed E-state index contributed by atoms with van der Waals surface area (Å²) in [5.74, 6) is 0. The predicted molar refractivity (Wildman–Crippen MR) is 66.8 cm³/mol. The van der Waals surface area contributed by atoms with Crippen molar-refractivity contribution in [3.8, 4) is 0 Å². The number of rotatable bonds is 6. The van der Waals surface area contributed by atoms with Crippen molar-refractivity contribution < 1.29 is 9.32 Å². The van der Waals surface area contributed by atoms with Crippen molar-refractivity contribution in [2.24, 2.45) is 0 Å². The van der Waals surface area contributed by atoms with Gasteiger partial charge in [0, 0.05) is 41.1 Å². The van der Waals surface area contributed by atoms with Gasteiger partial charge in [-0.3, -0.25) is 4.21 Å². The molecule has 4 heteroatoms. The Bertz CT molecular complexity index is 337. The van der Waals surface area contributed by atoms with Gasteiger partial charge in [-0.1, -0.05) is 12.1 Å². The highest BCUT2D eigenvalue weighted by atomic mass is 32.2. The Balaban J connectivity index is 2.46. The molecule has 1 aromatic carbocycles. The zero-order valence-electron chi connectivity index (χ0n) is 9.77. The van der Waals surface area contributed by atoms with Gasteiger partial charge >= 0.3 is 0 Å². The number of hydrogen-bond donors (Lipinski definition) is 2. The van der Waals surface area contributed by atoms with Gasteiger partial charge in [-0.15, -0.1) is 0 Å². The molecular weight excluding hydrogens is 222 g/mol. The summed E-state index contributed by atoms with van der Waals surface area (Å²) in [6.07, 6.45) is 2.44. The van der Waals surface area contributed by atoms with Gasteiger partial charge in [0.1, 0.15) is 0 Å². The second kappa shape index (κ2) is 6.78. The summed E-state index contributed by atoms with van der Waals surface area (Å²) in [6, 6.07) is 8.06. The largest absolute Gasteiger partial charge is 0.396 e. The lowest BCUT2D eigenvalue weighted by atomic mass is 10.2. The van der Waals surface area contributed by atoms with E-state index in [1.165, 1.54) is 5.56 Å². The first-order valence-corrected chi connectivity index (χ1v) is 6.96.